The van der Waals surface area contributed by atoms with Crippen LogP contribution in [0.1, 0.15) is 381 Å². The lowest BCUT2D eigenvalue weighted by molar-refractivity contribution is -0.150. The van der Waals surface area contributed by atoms with Gasteiger partial charge in [-0.05, 0) is 379 Å². The van der Waals surface area contributed by atoms with Gasteiger partial charge >= 0.3 is 24.1 Å². The van der Waals surface area contributed by atoms with Gasteiger partial charge < -0.3 is 138 Å². The molecule has 38 heteroatoms. The molecule has 12 N–H and O–H groups in total. The molecule has 0 aromatic heterocycles. The fraction of sp³-hybridized carbons (Fsp3) is 0.945. The molecule has 37 nitrogen and oxygen atoms in total. The largest absolute Gasteiger partial charge is 0.508 e. The lowest BCUT2D eigenvalue weighted by atomic mass is 9.89. The third kappa shape index (κ3) is 117. The molecule has 2 atom stereocenters. The Kier molecular flexibility index (Phi) is 85.5. The van der Waals surface area contributed by atoms with Gasteiger partial charge in [0.1, 0.15) is 45.2 Å². The molecule has 4 aliphatic heterocycles. The summed E-state index contributed by atoms with van der Waals surface area (Å²) in [5.41, 5.74) is 16.1. The number of likely N-dealkylation sites (tertiary alicyclic amines) is 1. The first kappa shape index (κ1) is 153. The van der Waals surface area contributed by atoms with Crippen LogP contribution in [0.3, 0.4) is 0 Å². The van der Waals surface area contributed by atoms with E-state index in [1.165, 1.54) is 25.9 Å². The summed E-state index contributed by atoms with van der Waals surface area (Å²) in [5.74, 6) is -1.32. The van der Waals surface area contributed by atoms with E-state index in [4.69, 9.17) is 113 Å². The fourth-order valence-electron chi connectivity index (χ4n) is 12.5. The van der Waals surface area contributed by atoms with E-state index < -0.39 is 28.1 Å². The van der Waals surface area contributed by atoms with E-state index >= 15 is 0 Å². The van der Waals surface area contributed by atoms with Gasteiger partial charge in [-0.1, -0.05) is 32.9 Å². The van der Waals surface area contributed by atoms with E-state index in [1.807, 2.05) is 125 Å². The molecule has 4 heterocycles. The first-order chi connectivity index (χ1) is 66.9. The number of rotatable bonds is 33. The smallest absolute Gasteiger partial charge is 0.464 e. The number of carbonyl (C=O) groups is 5. The van der Waals surface area contributed by atoms with Crippen molar-refractivity contribution in [1.82, 2.24) is 20.3 Å². The molecule has 2 unspecified atom stereocenters. The van der Waals surface area contributed by atoms with Crippen molar-refractivity contribution in [2.24, 2.45) is 34.2 Å². The van der Waals surface area contributed by atoms with E-state index in [1.54, 1.807) is 46.3 Å². The van der Waals surface area contributed by atoms with Gasteiger partial charge in [-0.15, -0.1) is 0 Å². The molecule has 3 saturated carbocycles. The monoisotopic (exact) mass is 2140 g/mol. The number of esters is 3. The summed E-state index contributed by atoms with van der Waals surface area (Å²) in [6.45, 7) is 93.7. The van der Waals surface area contributed by atoms with Crippen molar-refractivity contribution in [3.63, 3.8) is 0 Å². The second-order valence-corrected chi connectivity index (χ2v) is 49.6. The van der Waals surface area contributed by atoms with Crippen LogP contribution in [-0.4, -0.2) is 344 Å². The number of hydrogen-bond donors (Lipinski definition) is 9. The maximum Gasteiger partial charge on any atom is 0.508 e. The molecular weight excluding hydrogens is 1920 g/mol. The highest BCUT2D eigenvalue weighted by molar-refractivity contribution is 7.89. The molecular formula is C109H226N8O29S. The summed E-state index contributed by atoms with van der Waals surface area (Å²) in [5, 5.41) is 35.4. The highest BCUT2D eigenvalue weighted by Crippen LogP contribution is 2.30. The first-order valence-corrected chi connectivity index (χ1v) is 55.7. The van der Waals surface area contributed by atoms with Gasteiger partial charge in [0.15, 0.2) is 5.84 Å². The Morgan fingerprint density at radius 1 is 0.435 bits per heavy atom. The fourth-order valence-corrected chi connectivity index (χ4v) is 13.0. The van der Waals surface area contributed by atoms with Gasteiger partial charge in [-0.2, -0.15) is 0 Å². The van der Waals surface area contributed by atoms with Gasteiger partial charge in [-0.25, -0.2) is 18.0 Å². The number of nitrogens with two attached hydrogens (primary N) is 3. The van der Waals surface area contributed by atoms with E-state index in [2.05, 4.69) is 157 Å². The van der Waals surface area contributed by atoms with Crippen LogP contribution in [-0.2, 0) is 119 Å². The number of nitrogens with one attached hydrogen (secondary N) is 3. The van der Waals surface area contributed by atoms with E-state index in [-0.39, 0.29) is 162 Å². The molecule has 1 amide bonds. The number of sulfonamides is 1. The van der Waals surface area contributed by atoms with Crippen LogP contribution < -0.4 is 32.6 Å². The van der Waals surface area contributed by atoms with E-state index in [0.29, 0.717) is 81.8 Å². The van der Waals surface area contributed by atoms with Crippen LogP contribution in [0, 0.1) is 11.8 Å². The number of amidine groups is 1. The quantitative estimate of drug-likeness (QED) is 0.00560. The number of hydrogen-bond acceptors (Lipinski definition) is 35. The highest BCUT2D eigenvalue weighted by Gasteiger charge is 2.34. The average molecular weight is 2150 g/mol. The number of piperidine rings is 2. The standard InChI is InChI=1S/C11H23NO3.C10H21NO.C10H20O4.C10H20O2.C9H19NO.C9H18O3.C9H18O2.C8H17NO.C8H16O2.C7H15NO.C7H14O3.C6H13NO4S.C5H12N2O2/c1-8(2)9(12)10(13)14-6-7-15-11(3,4)5;1-10(2,3)12-9-5-7-11(4)8-6-9;1-7(2)12-6-9(5)14-10(11)13-8(3)4;1-10(2,3)12-9-6-4-8(11)5-7-9;1-9(2,3)11-8-4-6-10-7-5-8;1-7(2)9(10)12-6-5-11-8(3)4;1-9(2,3)11-8-4-6-10-7-5-8;2*1-8(2,3)10-7-4-6(9)5-7;1-7(2,3)9-6-4-8-5-6;1-4-9-7(8)5-10-6(2)3;1-5(2)11-4-6(8)7-12(3,9)10;1-4(2)9-3-5(6)7-8/h8-9H,6-7,12H2,1-5H3;9H,5-8H2,1-4H3;7-9H,6H2,1-5H3;8-9,11H,4-7H2,1-3H3;8,10H,4-7H2,1-3H3;7-8H,5-6H2,1-4H3;8H,4-7H2,1-3H3;6-7H,4-5,9H2,1-3H3;6-7,9H,4-5H2,1-3H3;6,8H,4-5H2,1-3H3;6H,4-5H2,1-3H3;5H,4H2,1-3H3,(H,7,8);4,8H,3H2,1-2H3,(H2,6,7). The Morgan fingerprint density at radius 2 is 0.810 bits per heavy atom. The van der Waals surface area contributed by atoms with Gasteiger partial charge in [0.05, 0.1) is 175 Å². The summed E-state index contributed by atoms with van der Waals surface area (Å²) in [6.07, 6.45) is 17.4. The Labute approximate surface area is 894 Å². The van der Waals surface area contributed by atoms with E-state index in [0.717, 1.165) is 123 Å². The van der Waals surface area contributed by atoms with Crippen molar-refractivity contribution in [3.8, 4) is 0 Å². The molecule has 7 rings (SSSR count). The summed E-state index contributed by atoms with van der Waals surface area (Å²) < 4.78 is 123. The normalized spacial score (nSPS) is 19.7. The van der Waals surface area contributed by atoms with Crippen molar-refractivity contribution in [1.29, 1.82) is 0 Å². The van der Waals surface area contributed by atoms with Crippen molar-refractivity contribution >= 4 is 45.8 Å². The van der Waals surface area contributed by atoms with Crippen LogP contribution >= 0.6 is 0 Å². The Balaban J connectivity index is -0.000000367. The number of ether oxygens (including phenoxy) is 19. The number of carbonyl (C=O) groups excluding carboxylic acids is 5. The van der Waals surface area contributed by atoms with Crippen molar-refractivity contribution < 1.29 is 138 Å². The van der Waals surface area contributed by atoms with Crippen LogP contribution in [0.4, 0.5) is 4.79 Å². The average Bonchev–Trinajstić information content (AvgIpc) is 0.856. The van der Waals surface area contributed by atoms with Crippen LogP contribution in [0.15, 0.2) is 5.16 Å². The first-order valence-electron chi connectivity index (χ1n) is 53.8. The topological polar surface area (TPSA) is 485 Å². The van der Waals surface area contributed by atoms with Gasteiger partial charge in [0.2, 0.25) is 10.0 Å². The van der Waals surface area contributed by atoms with Crippen molar-refractivity contribution in [2.45, 2.75) is 535 Å². The summed E-state index contributed by atoms with van der Waals surface area (Å²) in [4.78, 5) is 56.9. The third-order valence-electron chi connectivity index (χ3n) is 19.1. The van der Waals surface area contributed by atoms with Gasteiger partial charge in [0.25, 0.3) is 5.91 Å². The molecule has 147 heavy (non-hydrogen) atoms. The Morgan fingerprint density at radius 3 is 1.16 bits per heavy atom. The number of amides is 1. The zero-order valence-corrected chi connectivity index (χ0v) is 102. The predicted molar refractivity (Wildman–Crippen MR) is 587 cm³/mol. The minimum absolute atomic E-state index is 0.00199. The lowest BCUT2D eigenvalue weighted by Crippen LogP contribution is -2.51. The molecule has 7 fully saturated rings. The summed E-state index contributed by atoms with van der Waals surface area (Å²) >= 11 is 0. The highest BCUT2D eigenvalue weighted by atomic mass is 32.2. The molecule has 3 aliphatic carbocycles. The number of aliphatic hydroxyl groups excluding tert-OH is 2. The summed E-state index contributed by atoms with van der Waals surface area (Å²) in [6, 6.07) is -0.146. The number of aliphatic hydroxyl groups is 2. The molecule has 0 spiro atoms. The lowest BCUT2D eigenvalue weighted by Gasteiger charge is -2.37. The third-order valence-corrected chi connectivity index (χ3v) is 19.7. The molecule has 0 aromatic carbocycles. The maximum atomic E-state index is 11.3. The minimum Gasteiger partial charge on any atom is -0.464 e. The second kappa shape index (κ2) is 82.1. The Bertz CT molecular complexity index is 3240. The zero-order valence-electron chi connectivity index (χ0n) is 101. The molecule has 882 valence electrons. The second-order valence-electron chi connectivity index (χ2n) is 47.8. The SMILES string of the molecule is CC(C)(C)OC1CC(N)C1.CC(C)(C)OC1CC(O)C1.CC(C)(C)OC1CCC(O)CC1.CC(C)(C)OC1CCNCC1.CC(C)(C)OC1CCOCC1.CC(C)(C)OC1CNC1.CC(C)C(N)C(=O)OCCOC(C)(C)C.CC(C)OC/C(N)=N/O.CC(C)OCC(=O)NS(C)(=O)=O.CC(C)OCC(C)OC(=O)OC(C)C.CC(C)OCCOC(=O)C(C)C.CCOC(=O)COC(C)C.CN1CCC(OC(C)(C)C)CC1. The van der Waals surface area contributed by atoms with Crippen LogP contribution in [0.2, 0.25) is 0 Å². The predicted octanol–water partition coefficient (Wildman–Crippen LogP) is 16.8. The maximum absolute atomic E-state index is 11.3. The number of oxime groups is 1. The molecule has 0 bridgehead atoms. The summed E-state index contributed by atoms with van der Waals surface area (Å²) in [7, 11) is -1.28. The molecule has 4 saturated heterocycles. The Hall–Kier alpha value is -4.47. The molecule has 0 aromatic rings. The minimum atomic E-state index is -3.45. The van der Waals surface area contributed by atoms with Crippen molar-refractivity contribution in [2.75, 3.05) is 125 Å². The van der Waals surface area contributed by atoms with Crippen LogP contribution in [0.25, 0.3) is 0 Å². The zero-order chi connectivity index (χ0) is 115. The van der Waals surface area contributed by atoms with E-state index in [9.17, 15) is 37.5 Å². The molecule has 0 radical (unpaired) electrons. The molecule has 7 aliphatic rings. The van der Waals surface area contributed by atoms with Crippen LogP contribution in [0.5, 0.6) is 0 Å². The number of nitrogens with zero attached hydrogens (tertiary/aromatic N) is 2. The van der Waals surface area contributed by atoms with Gasteiger partial charge in [0, 0.05) is 45.4 Å². The van der Waals surface area contributed by atoms with Gasteiger partial charge in [-0.3, -0.25) is 19.1 Å². The van der Waals surface area contributed by atoms with Crippen molar-refractivity contribution in [3.05, 3.63) is 0 Å².